The zero-order valence-corrected chi connectivity index (χ0v) is 9.16. The highest BCUT2D eigenvalue weighted by Crippen LogP contribution is 2.59. The summed E-state index contributed by atoms with van der Waals surface area (Å²) in [7, 11) is 0. The van der Waals surface area contributed by atoms with Gasteiger partial charge >= 0.3 is 0 Å². The first-order valence-electron chi connectivity index (χ1n) is 5.79. The predicted molar refractivity (Wildman–Crippen MR) is 57.7 cm³/mol. The van der Waals surface area contributed by atoms with Gasteiger partial charge in [0.15, 0.2) is 0 Å². The van der Waals surface area contributed by atoms with Crippen molar-refractivity contribution in [3.8, 4) is 0 Å². The second-order valence-electron chi connectivity index (χ2n) is 5.55. The van der Waals surface area contributed by atoms with E-state index in [-0.39, 0.29) is 0 Å². The van der Waals surface area contributed by atoms with Crippen LogP contribution in [0.2, 0.25) is 0 Å². The highest BCUT2D eigenvalue weighted by molar-refractivity contribution is 5.15. The van der Waals surface area contributed by atoms with Gasteiger partial charge in [-0.05, 0) is 55.8 Å². The first-order chi connectivity index (χ1) is 6.10. The number of rotatable bonds is 2. The molecule has 0 amide bonds. The van der Waals surface area contributed by atoms with Gasteiger partial charge in [0.05, 0.1) is 0 Å². The molecule has 0 heterocycles. The zero-order chi connectivity index (χ0) is 9.53. The number of allylic oxidation sites excluding steroid dienone is 1. The van der Waals surface area contributed by atoms with Crippen LogP contribution in [0, 0.1) is 10.8 Å². The first-order valence-corrected chi connectivity index (χ1v) is 5.79. The normalized spacial score (nSPS) is 43.5. The van der Waals surface area contributed by atoms with E-state index in [1.54, 1.807) is 0 Å². The third-order valence-corrected chi connectivity index (χ3v) is 4.80. The van der Waals surface area contributed by atoms with Crippen LogP contribution in [0.3, 0.4) is 0 Å². The quantitative estimate of drug-likeness (QED) is 0.553. The molecule has 0 aliphatic heterocycles. The molecule has 0 spiro atoms. The maximum Gasteiger partial charge on any atom is -0.00903 e. The molecule has 3 aliphatic carbocycles. The van der Waals surface area contributed by atoms with E-state index in [1.807, 2.05) is 0 Å². The van der Waals surface area contributed by atoms with Crippen molar-refractivity contribution < 1.29 is 0 Å². The fourth-order valence-electron chi connectivity index (χ4n) is 3.28. The molecule has 0 unspecified atom stereocenters. The van der Waals surface area contributed by atoms with Crippen molar-refractivity contribution in [1.82, 2.24) is 0 Å². The molecule has 0 N–H and O–H groups in total. The summed E-state index contributed by atoms with van der Waals surface area (Å²) in [5.74, 6) is 0. The van der Waals surface area contributed by atoms with E-state index in [0.717, 1.165) is 0 Å². The third kappa shape index (κ3) is 1.35. The molecule has 0 aromatic rings. The van der Waals surface area contributed by atoms with Gasteiger partial charge in [-0.3, -0.25) is 0 Å². The van der Waals surface area contributed by atoms with Gasteiger partial charge in [0.1, 0.15) is 0 Å². The van der Waals surface area contributed by atoms with E-state index in [0.29, 0.717) is 10.8 Å². The Morgan fingerprint density at radius 2 is 1.54 bits per heavy atom. The second-order valence-corrected chi connectivity index (χ2v) is 5.55. The van der Waals surface area contributed by atoms with Crippen molar-refractivity contribution in [1.29, 1.82) is 0 Å². The van der Waals surface area contributed by atoms with Gasteiger partial charge in [0, 0.05) is 0 Å². The Kier molecular flexibility index (Phi) is 2.05. The van der Waals surface area contributed by atoms with Crippen LogP contribution in [-0.4, -0.2) is 0 Å². The smallest absolute Gasteiger partial charge is 0.00903 e. The summed E-state index contributed by atoms with van der Waals surface area (Å²) in [6.07, 6.45) is 9.82. The summed E-state index contributed by atoms with van der Waals surface area (Å²) < 4.78 is 0. The van der Waals surface area contributed by atoms with Crippen molar-refractivity contribution in [2.24, 2.45) is 10.8 Å². The summed E-state index contributed by atoms with van der Waals surface area (Å²) in [5, 5.41) is 0. The lowest BCUT2D eigenvalue weighted by Crippen LogP contribution is -2.40. The number of hydrogen-bond acceptors (Lipinski definition) is 0. The van der Waals surface area contributed by atoms with Gasteiger partial charge in [-0.15, -0.1) is 0 Å². The second kappa shape index (κ2) is 2.87. The summed E-state index contributed by atoms with van der Waals surface area (Å²) in [6, 6.07) is 0. The van der Waals surface area contributed by atoms with Crippen molar-refractivity contribution in [2.45, 2.75) is 58.8 Å². The maximum absolute atomic E-state index is 4.29. The monoisotopic (exact) mass is 178 g/mol. The van der Waals surface area contributed by atoms with Crippen LogP contribution in [0.4, 0.5) is 0 Å². The summed E-state index contributed by atoms with van der Waals surface area (Å²) in [5.41, 5.74) is 2.82. The molecule has 3 fully saturated rings. The molecular formula is C13H22. The molecule has 13 heavy (non-hydrogen) atoms. The van der Waals surface area contributed by atoms with Crippen LogP contribution in [-0.2, 0) is 0 Å². The molecule has 0 heteroatoms. The van der Waals surface area contributed by atoms with Crippen molar-refractivity contribution in [2.75, 3.05) is 0 Å². The highest BCUT2D eigenvalue weighted by Gasteiger charge is 2.46. The summed E-state index contributed by atoms with van der Waals surface area (Å²) in [4.78, 5) is 0. The average Bonchev–Trinajstić information content (AvgIpc) is 2.18. The Bertz CT molecular complexity index is 200. The Hall–Kier alpha value is -0.260. The zero-order valence-electron chi connectivity index (χ0n) is 9.16. The first kappa shape index (κ1) is 9.30. The molecule has 74 valence electrons. The van der Waals surface area contributed by atoms with Crippen molar-refractivity contribution in [3.63, 3.8) is 0 Å². The average molecular weight is 178 g/mol. The van der Waals surface area contributed by atoms with Gasteiger partial charge in [-0.25, -0.2) is 0 Å². The molecule has 0 atom stereocenters. The van der Waals surface area contributed by atoms with E-state index < -0.39 is 0 Å². The van der Waals surface area contributed by atoms with Gasteiger partial charge < -0.3 is 0 Å². The Morgan fingerprint density at radius 3 is 1.92 bits per heavy atom. The van der Waals surface area contributed by atoms with E-state index in [9.17, 15) is 0 Å². The SMILES string of the molecule is C=C(CC)C12CCC(C)(CC1)CC2. The van der Waals surface area contributed by atoms with Gasteiger partial charge in [0.2, 0.25) is 0 Å². The standard InChI is InChI=1S/C13H22/c1-4-11(2)13-8-5-12(3,6-9-13)7-10-13/h2,4-10H2,1,3H3. The molecule has 3 rings (SSSR count). The predicted octanol–water partition coefficient (Wildman–Crippen LogP) is 4.31. The lowest BCUT2D eigenvalue weighted by atomic mass is 9.52. The van der Waals surface area contributed by atoms with Crippen molar-refractivity contribution in [3.05, 3.63) is 12.2 Å². The molecule has 0 nitrogen and oxygen atoms in total. The molecule has 3 aliphatic rings. The third-order valence-electron chi connectivity index (χ3n) is 4.80. The summed E-state index contributed by atoms with van der Waals surface area (Å²) >= 11 is 0. The van der Waals surface area contributed by atoms with E-state index >= 15 is 0 Å². The van der Waals surface area contributed by atoms with Crippen LogP contribution in [0.1, 0.15) is 58.8 Å². The number of hydrogen-bond donors (Lipinski definition) is 0. The lowest BCUT2D eigenvalue weighted by Gasteiger charge is -2.53. The fraction of sp³-hybridized carbons (Fsp3) is 0.846. The number of fused-ring (bicyclic) bond motifs is 3. The van der Waals surface area contributed by atoms with E-state index in [4.69, 9.17) is 0 Å². The molecule has 0 aromatic heterocycles. The maximum atomic E-state index is 4.29. The minimum atomic E-state index is 0.576. The Labute approximate surface area is 82.4 Å². The largest absolute Gasteiger partial charge is 0.0993 e. The lowest BCUT2D eigenvalue weighted by molar-refractivity contribution is 0.0269. The molecular weight excluding hydrogens is 156 g/mol. The highest BCUT2D eigenvalue weighted by atomic mass is 14.5. The van der Waals surface area contributed by atoms with Crippen LogP contribution >= 0.6 is 0 Å². The van der Waals surface area contributed by atoms with Gasteiger partial charge in [-0.1, -0.05) is 26.0 Å². The molecule has 3 saturated carbocycles. The van der Waals surface area contributed by atoms with Crippen molar-refractivity contribution >= 4 is 0 Å². The Morgan fingerprint density at radius 1 is 1.08 bits per heavy atom. The molecule has 2 bridgehead atoms. The van der Waals surface area contributed by atoms with Gasteiger partial charge in [-0.2, -0.15) is 0 Å². The minimum Gasteiger partial charge on any atom is -0.0993 e. The Balaban J connectivity index is 2.15. The van der Waals surface area contributed by atoms with Crippen LogP contribution < -0.4 is 0 Å². The summed E-state index contributed by atoms with van der Waals surface area (Å²) in [6.45, 7) is 9.03. The minimum absolute atomic E-state index is 0.576. The topological polar surface area (TPSA) is 0 Å². The fourth-order valence-corrected chi connectivity index (χ4v) is 3.28. The van der Waals surface area contributed by atoms with Gasteiger partial charge in [0.25, 0.3) is 0 Å². The molecule has 0 aromatic carbocycles. The van der Waals surface area contributed by atoms with E-state index in [1.165, 1.54) is 50.5 Å². The molecule has 0 radical (unpaired) electrons. The van der Waals surface area contributed by atoms with Crippen LogP contribution in [0.25, 0.3) is 0 Å². The van der Waals surface area contributed by atoms with E-state index in [2.05, 4.69) is 20.4 Å². The van der Waals surface area contributed by atoms with Crippen LogP contribution in [0.5, 0.6) is 0 Å². The molecule has 0 saturated heterocycles. The van der Waals surface area contributed by atoms with Crippen LogP contribution in [0.15, 0.2) is 12.2 Å².